The zero-order valence-electron chi connectivity index (χ0n) is 19.4. The Hall–Kier alpha value is -2.18. The lowest BCUT2D eigenvalue weighted by Gasteiger charge is -2.33. The molecule has 0 radical (unpaired) electrons. The molecule has 1 atom stereocenters. The summed E-state index contributed by atoms with van der Waals surface area (Å²) in [5.74, 6) is 0.887. The van der Waals surface area contributed by atoms with Crippen LogP contribution >= 0.6 is 11.6 Å². The highest BCUT2D eigenvalue weighted by molar-refractivity contribution is 7.89. The minimum atomic E-state index is -3.50. The quantitative estimate of drug-likeness (QED) is 0.371. The number of nitrogens with one attached hydrogen (secondary N) is 1. The molecule has 180 valence electrons. The van der Waals surface area contributed by atoms with Crippen LogP contribution < -0.4 is 4.72 Å². The maximum atomic E-state index is 12.6. The molecule has 0 aliphatic carbocycles. The van der Waals surface area contributed by atoms with Crippen molar-refractivity contribution in [2.75, 3.05) is 26.2 Å². The van der Waals surface area contributed by atoms with Crippen LogP contribution in [0.1, 0.15) is 48.6 Å². The van der Waals surface area contributed by atoms with Gasteiger partial charge in [-0.2, -0.15) is 0 Å². The molecular formula is C28H33ClN2O2S. The van der Waals surface area contributed by atoms with Crippen LogP contribution in [-0.2, 0) is 10.0 Å². The topological polar surface area (TPSA) is 49.4 Å². The van der Waals surface area contributed by atoms with E-state index in [1.807, 2.05) is 24.3 Å². The number of sulfonamides is 1. The number of halogens is 1. The standard InChI is InChI=1S/C28H33ClN2O2S/c29-27-11-7-10-26(22-27)24(14-18-30-34(32,33)28-12-5-2-6-13-28)15-19-31-20-16-25(17-21-31)23-8-3-1-4-9-23/h1-13,22,24-25,30H,14-21H2. The van der Waals surface area contributed by atoms with Crippen molar-refractivity contribution in [3.63, 3.8) is 0 Å². The highest BCUT2D eigenvalue weighted by Gasteiger charge is 2.22. The number of nitrogens with zero attached hydrogens (tertiary/aromatic N) is 1. The Kier molecular flexibility index (Phi) is 8.79. The van der Waals surface area contributed by atoms with Crippen LogP contribution in [0.4, 0.5) is 0 Å². The van der Waals surface area contributed by atoms with Crippen molar-refractivity contribution in [2.24, 2.45) is 0 Å². The first-order valence-electron chi connectivity index (χ1n) is 12.1. The van der Waals surface area contributed by atoms with E-state index in [1.165, 1.54) is 24.0 Å². The summed E-state index contributed by atoms with van der Waals surface area (Å²) in [5, 5.41) is 0.719. The minimum absolute atomic E-state index is 0.240. The Morgan fingerprint density at radius 1 is 0.882 bits per heavy atom. The minimum Gasteiger partial charge on any atom is -0.303 e. The summed E-state index contributed by atoms with van der Waals surface area (Å²) in [6.45, 7) is 3.60. The lowest BCUT2D eigenvalue weighted by molar-refractivity contribution is 0.204. The van der Waals surface area contributed by atoms with E-state index in [2.05, 4.69) is 46.0 Å². The molecule has 1 saturated heterocycles. The smallest absolute Gasteiger partial charge is 0.240 e. The summed E-state index contributed by atoms with van der Waals surface area (Å²) in [5.41, 5.74) is 2.62. The summed E-state index contributed by atoms with van der Waals surface area (Å²) in [4.78, 5) is 2.85. The van der Waals surface area contributed by atoms with Crippen molar-refractivity contribution < 1.29 is 8.42 Å². The van der Waals surface area contributed by atoms with Gasteiger partial charge in [0, 0.05) is 11.6 Å². The van der Waals surface area contributed by atoms with Crippen molar-refractivity contribution in [3.05, 3.63) is 101 Å². The molecule has 0 amide bonds. The van der Waals surface area contributed by atoms with E-state index in [1.54, 1.807) is 24.3 Å². The van der Waals surface area contributed by atoms with Gasteiger partial charge in [0.15, 0.2) is 0 Å². The average molecular weight is 497 g/mol. The third-order valence-electron chi connectivity index (χ3n) is 6.81. The number of hydrogen-bond acceptors (Lipinski definition) is 3. The predicted molar refractivity (Wildman–Crippen MR) is 140 cm³/mol. The van der Waals surface area contributed by atoms with Gasteiger partial charge >= 0.3 is 0 Å². The van der Waals surface area contributed by atoms with E-state index < -0.39 is 10.0 Å². The van der Waals surface area contributed by atoms with Crippen LogP contribution in [0.25, 0.3) is 0 Å². The molecule has 6 heteroatoms. The van der Waals surface area contributed by atoms with Gasteiger partial charge in [-0.15, -0.1) is 0 Å². The fourth-order valence-electron chi connectivity index (χ4n) is 4.84. The molecule has 1 aliphatic heterocycles. The summed E-state index contributed by atoms with van der Waals surface area (Å²) in [7, 11) is -3.50. The van der Waals surface area contributed by atoms with Crippen molar-refractivity contribution in [1.29, 1.82) is 0 Å². The molecule has 34 heavy (non-hydrogen) atoms. The Morgan fingerprint density at radius 2 is 1.56 bits per heavy atom. The third kappa shape index (κ3) is 6.92. The molecule has 0 aromatic heterocycles. The van der Waals surface area contributed by atoms with Gasteiger partial charge in [0.25, 0.3) is 0 Å². The van der Waals surface area contributed by atoms with Gasteiger partial charge in [0.1, 0.15) is 0 Å². The maximum Gasteiger partial charge on any atom is 0.240 e. The monoisotopic (exact) mass is 496 g/mol. The highest BCUT2D eigenvalue weighted by Crippen LogP contribution is 2.30. The Bertz CT molecular complexity index is 1130. The van der Waals surface area contributed by atoms with E-state index in [4.69, 9.17) is 11.6 Å². The first kappa shape index (κ1) is 24.9. The van der Waals surface area contributed by atoms with Crippen molar-refractivity contribution in [3.8, 4) is 0 Å². The molecule has 0 spiro atoms. The van der Waals surface area contributed by atoms with Crippen molar-refractivity contribution >= 4 is 21.6 Å². The van der Waals surface area contributed by atoms with Gasteiger partial charge in [-0.25, -0.2) is 13.1 Å². The summed E-state index contributed by atoms with van der Waals surface area (Å²) < 4.78 is 28.0. The number of likely N-dealkylation sites (tertiary alicyclic amines) is 1. The summed E-state index contributed by atoms with van der Waals surface area (Å²) in [6, 6.07) is 27.3. The SMILES string of the molecule is O=S(=O)(NCCC(CCN1CCC(c2ccccc2)CC1)c1cccc(Cl)c1)c1ccccc1. The summed E-state index contributed by atoms with van der Waals surface area (Å²) in [6.07, 6.45) is 4.07. The number of hydrogen-bond donors (Lipinski definition) is 1. The van der Waals surface area contributed by atoms with E-state index in [-0.39, 0.29) is 5.92 Å². The Balaban J connectivity index is 1.33. The van der Waals surface area contributed by atoms with Gasteiger partial charge in [-0.3, -0.25) is 0 Å². The van der Waals surface area contributed by atoms with Crippen LogP contribution in [0.15, 0.2) is 89.8 Å². The summed E-state index contributed by atoms with van der Waals surface area (Å²) >= 11 is 6.28. The second-order valence-corrected chi connectivity index (χ2v) is 11.3. The first-order chi connectivity index (χ1) is 16.5. The molecule has 1 fully saturated rings. The lowest BCUT2D eigenvalue weighted by Crippen LogP contribution is -2.34. The molecule has 3 aromatic carbocycles. The second kappa shape index (κ2) is 12.0. The fourth-order valence-corrected chi connectivity index (χ4v) is 6.11. The molecule has 4 nitrogen and oxygen atoms in total. The van der Waals surface area contributed by atoms with Gasteiger partial charge < -0.3 is 4.90 Å². The molecule has 1 aliphatic rings. The molecule has 0 bridgehead atoms. The first-order valence-corrected chi connectivity index (χ1v) is 13.9. The van der Waals surface area contributed by atoms with Gasteiger partial charge in [0.2, 0.25) is 10.0 Å². The fraction of sp³-hybridized carbons (Fsp3) is 0.357. The van der Waals surface area contributed by atoms with Crippen molar-refractivity contribution in [2.45, 2.75) is 42.4 Å². The average Bonchev–Trinajstić information content (AvgIpc) is 2.87. The Labute approximate surface area is 209 Å². The zero-order valence-corrected chi connectivity index (χ0v) is 21.0. The molecule has 1 N–H and O–H groups in total. The highest BCUT2D eigenvalue weighted by atomic mass is 35.5. The van der Waals surface area contributed by atoms with Crippen LogP contribution in [0.2, 0.25) is 5.02 Å². The van der Waals surface area contributed by atoms with E-state index in [0.717, 1.165) is 37.5 Å². The Morgan fingerprint density at radius 3 is 2.24 bits per heavy atom. The number of benzene rings is 3. The molecule has 1 heterocycles. The predicted octanol–water partition coefficient (Wildman–Crippen LogP) is 6.06. The van der Waals surface area contributed by atoms with Crippen LogP contribution in [0.3, 0.4) is 0 Å². The lowest BCUT2D eigenvalue weighted by atomic mass is 9.88. The molecule has 0 saturated carbocycles. The van der Waals surface area contributed by atoms with E-state index >= 15 is 0 Å². The van der Waals surface area contributed by atoms with E-state index in [0.29, 0.717) is 17.4 Å². The normalized spacial score (nSPS) is 16.4. The molecule has 4 rings (SSSR count). The largest absolute Gasteiger partial charge is 0.303 e. The molecule has 1 unspecified atom stereocenters. The van der Waals surface area contributed by atoms with Gasteiger partial charge in [-0.05, 0) is 92.5 Å². The van der Waals surface area contributed by atoms with Crippen LogP contribution in [0.5, 0.6) is 0 Å². The van der Waals surface area contributed by atoms with Crippen LogP contribution in [-0.4, -0.2) is 39.5 Å². The zero-order chi connectivity index (χ0) is 23.8. The van der Waals surface area contributed by atoms with Gasteiger partial charge in [-0.1, -0.05) is 72.3 Å². The molecular weight excluding hydrogens is 464 g/mol. The maximum absolute atomic E-state index is 12.6. The molecule has 3 aromatic rings. The number of rotatable bonds is 10. The second-order valence-electron chi connectivity index (χ2n) is 9.07. The van der Waals surface area contributed by atoms with Crippen molar-refractivity contribution in [1.82, 2.24) is 9.62 Å². The number of piperidine rings is 1. The van der Waals surface area contributed by atoms with Crippen LogP contribution in [0, 0.1) is 0 Å². The van der Waals surface area contributed by atoms with E-state index in [9.17, 15) is 8.42 Å². The third-order valence-corrected chi connectivity index (χ3v) is 8.52. The van der Waals surface area contributed by atoms with Gasteiger partial charge in [0.05, 0.1) is 4.90 Å².